The zero-order chi connectivity index (χ0) is 13.0. The minimum absolute atomic E-state index is 0.193. The van der Waals surface area contributed by atoms with Crippen molar-refractivity contribution in [2.45, 2.75) is 19.5 Å². The highest BCUT2D eigenvalue weighted by molar-refractivity contribution is 6.33. The summed E-state index contributed by atoms with van der Waals surface area (Å²) < 4.78 is 24.0. The third kappa shape index (κ3) is 3.94. The summed E-state index contributed by atoms with van der Waals surface area (Å²) in [5.41, 5.74) is 1.08. The molecule has 0 aliphatic carbocycles. The van der Waals surface area contributed by atoms with Crippen LogP contribution < -0.4 is 5.32 Å². The third-order valence-electron chi connectivity index (χ3n) is 2.13. The zero-order valence-corrected chi connectivity index (χ0v) is 9.84. The second kappa shape index (κ2) is 5.93. The van der Waals surface area contributed by atoms with Crippen molar-refractivity contribution in [3.8, 4) is 0 Å². The molecule has 0 heterocycles. The lowest BCUT2D eigenvalue weighted by Crippen LogP contribution is -2.35. The molecular formula is C11H12ClF2NO2. The molecule has 0 saturated carbocycles. The minimum Gasteiger partial charge on any atom is -0.385 e. The molecule has 1 aromatic rings. The summed E-state index contributed by atoms with van der Waals surface area (Å²) in [7, 11) is 0. The largest absolute Gasteiger partial charge is 0.385 e. The highest BCUT2D eigenvalue weighted by Crippen LogP contribution is 2.17. The third-order valence-corrected chi connectivity index (χ3v) is 2.44. The first kappa shape index (κ1) is 13.9. The Bertz CT molecular complexity index is 412. The van der Waals surface area contributed by atoms with Gasteiger partial charge in [-0.25, -0.2) is 8.78 Å². The molecular weight excluding hydrogens is 252 g/mol. The Morgan fingerprint density at radius 2 is 2.18 bits per heavy atom. The lowest BCUT2D eigenvalue weighted by atomic mass is 10.1. The van der Waals surface area contributed by atoms with E-state index in [-0.39, 0.29) is 10.6 Å². The van der Waals surface area contributed by atoms with Crippen LogP contribution in [-0.2, 0) is 0 Å². The molecule has 3 nitrogen and oxygen atoms in total. The molecule has 1 atom stereocenters. The number of halogens is 3. The lowest BCUT2D eigenvalue weighted by Gasteiger charge is -2.11. The Labute approximate surface area is 102 Å². The Morgan fingerprint density at radius 1 is 1.53 bits per heavy atom. The minimum atomic E-state index is -2.89. The van der Waals surface area contributed by atoms with Crippen molar-refractivity contribution in [3.05, 3.63) is 34.3 Å². The maximum absolute atomic E-state index is 12.0. The van der Waals surface area contributed by atoms with Crippen molar-refractivity contribution >= 4 is 17.5 Å². The van der Waals surface area contributed by atoms with E-state index in [1.807, 2.05) is 6.92 Å². The fourth-order valence-corrected chi connectivity index (χ4v) is 1.51. The Kier molecular flexibility index (Phi) is 4.84. The quantitative estimate of drug-likeness (QED) is 0.873. The average molecular weight is 264 g/mol. The van der Waals surface area contributed by atoms with Crippen LogP contribution in [0.4, 0.5) is 8.78 Å². The van der Waals surface area contributed by atoms with E-state index in [2.05, 4.69) is 5.32 Å². The van der Waals surface area contributed by atoms with E-state index in [1.54, 1.807) is 12.1 Å². The summed E-state index contributed by atoms with van der Waals surface area (Å²) >= 11 is 5.83. The molecule has 6 heteroatoms. The summed E-state index contributed by atoms with van der Waals surface area (Å²) in [5, 5.41) is 11.3. The first-order chi connectivity index (χ1) is 7.91. The SMILES string of the molecule is Cc1ccc(C(=O)NCC(O)C(F)F)c(Cl)c1. The zero-order valence-electron chi connectivity index (χ0n) is 9.08. The number of hydrogen-bond donors (Lipinski definition) is 2. The molecule has 0 aliphatic rings. The molecule has 1 rings (SSSR count). The van der Waals surface area contributed by atoms with Crippen LogP contribution in [0.15, 0.2) is 18.2 Å². The van der Waals surface area contributed by atoms with Crippen molar-refractivity contribution in [1.82, 2.24) is 5.32 Å². The molecule has 0 fully saturated rings. The molecule has 0 aromatic heterocycles. The van der Waals surface area contributed by atoms with E-state index in [9.17, 15) is 13.6 Å². The van der Waals surface area contributed by atoms with E-state index in [0.717, 1.165) is 5.56 Å². The molecule has 2 N–H and O–H groups in total. The summed E-state index contributed by atoms with van der Waals surface area (Å²) in [5.74, 6) is -0.588. The van der Waals surface area contributed by atoms with Gasteiger partial charge in [0.15, 0.2) is 0 Å². The standard InChI is InChI=1S/C11H12ClF2NO2/c1-6-2-3-7(8(12)4-6)11(17)15-5-9(16)10(13)14/h2-4,9-10,16H,5H2,1H3,(H,15,17). The summed E-state index contributed by atoms with van der Waals surface area (Å²) in [4.78, 5) is 11.6. The topological polar surface area (TPSA) is 49.3 Å². The molecule has 1 aromatic carbocycles. The van der Waals surface area contributed by atoms with Gasteiger partial charge in [-0.1, -0.05) is 17.7 Å². The van der Waals surface area contributed by atoms with Crippen LogP contribution in [0.2, 0.25) is 5.02 Å². The van der Waals surface area contributed by atoms with Crippen LogP contribution in [0.5, 0.6) is 0 Å². The Hall–Kier alpha value is -1.20. The predicted octanol–water partition coefficient (Wildman–Crippen LogP) is 2.00. The van der Waals surface area contributed by atoms with E-state index in [1.165, 1.54) is 6.07 Å². The highest BCUT2D eigenvalue weighted by Gasteiger charge is 2.18. The van der Waals surface area contributed by atoms with Crippen molar-refractivity contribution in [1.29, 1.82) is 0 Å². The molecule has 17 heavy (non-hydrogen) atoms. The number of aliphatic hydroxyl groups is 1. The number of aryl methyl sites for hydroxylation is 1. The van der Waals surface area contributed by atoms with Gasteiger partial charge in [0, 0.05) is 6.54 Å². The van der Waals surface area contributed by atoms with Gasteiger partial charge in [-0.2, -0.15) is 0 Å². The van der Waals surface area contributed by atoms with Crippen molar-refractivity contribution < 1.29 is 18.7 Å². The molecule has 1 amide bonds. The van der Waals surface area contributed by atoms with Gasteiger partial charge in [0.2, 0.25) is 0 Å². The number of hydrogen-bond acceptors (Lipinski definition) is 2. The van der Waals surface area contributed by atoms with Crippen molar-refractivity contribution in [3.63, 3.8) is 0 Å². The van der Waals surface area contributed by atoms with E-state index in [4.69, 9.17) is 16.7 Å². The van der Waals surface area contributed by atoms with Gasteiger partial charge < -0.3 is 10.4 Å². The van der Waals surface area contributed by atoms with Crippen LogP contribution in [0.3, 0.4) is 0 Å². The van der Waals surface area contributed by atoms with Crippen LogP contribution in [0, 0.1) is 6.92 Å². The lowest BCUT2D eigenvalue weighted by molar-refractivity contribution is -0.00270. The summed E-state index contributed by atoms with van der Waals surface area (Å²) in [6.45, 7) is 1.30. The average Bonchev–Trinajstić information content (AvgIpc) is 2.25. The van der Waals surface area contributed by atoms with E-state index < -0.39 is 25.0 Å². The number of amides is 1. The van der Waals surface area contributed by atoms with Crippen LogP contribution >= 0.6 is 11.6 Å². The number of nitrogens with one attached hydrogen (secondary N) is 1. The molecule has 0 radical (unpaired) electrons. The summed E-state index contributed by atoms with van der Waals surface area (Å²) in [6, 6.07) is 4.78. The van der Waals surface area contributed by atoms with E-state index in [0.29, 0.717) is 0 Å². The van der Waals surface area contributed by atoms with Crippen LogP contribution in [0.25, 0.3) is 0 Å². The van der Waals surface area contributed by atoms with Gasteiger partial charge >= 0.3 is 0 Å². The van der Waals surface area contributed by atoms with Crippen LogP contribution in [0.1, 0.15) is 15.9 Å². The second-order valence-corrected chi connectivity index (χ2v) is 4.00. The van der Waals surface area contributed by atoms with Crippen LogP contribution in [-0.4, -0.2) is 30.1 Å². The predicted molar refractivity (Wildman–Crippen MR) is 60.5 cm³/mol. The maximum Gasteiger partial charge on any atom is 0.265 e. The van der Waals surface area contributed by atoms with Gasteiger partial charge in [-0.15, -0.1) is 0 Å². The number of carbonyl (C=O) groups is 1. The molecule has 0 aliphatic heterocycles. The smallest absolute Gasteiger partial charge is 0.265 e. The molecule has 1 unspecified atom stereocenters. The Balaban J connectivity index is 2.64. The number of rotatable bonds is 4. The number of aliphatic hydroxyl groups excluding tert-OH is 1. The van der Waals surface area contributed by atoms with Gasteiger partial charge in [-0.3, -0.25) is 4.79 Å². The highest BCUT2D eigenvalue weighted by atomic mass is 35.5. The number of benzene rings is 1. The second-order valence-electron chi connectivity index (χ2n) is 3.60. The number of carbonyl (C=O) groups excluding carboxylic acids is 1. The van der Waals surface area contributed by atoms with Gasteiger partial charge in [0.25, 0.3) is 12.3 Å². The van der Waals surface area contributed by atoms with Crippen molar-refractivity contribution in [2.24, 2.45) is 0 Å². The molecule has 0 spiro atoms. The fourth-order valence-electron chi connectivity index (χ4n) is 1.19. The van der Waals surface area contributed by atoms with Gasteiger partial charge in [-0.05, 0) is 24.6 Å². The van der Waals surface area contributed by atoms with E-state index >= 15 is 0 Å². The maximum atomic E-state index is 12.0. The molecule has 94 valence electrons. The first-order valence-electron chi connectivity index (χ1n) is 4.92. The Morgan fingerprint density at radius 3 is 2.71 bits per heavy atom. The number of alkyl halides is 2. The monoisotopic (exact) mass is 263 g/mol. The summed E-state index contributed by atoms with van der Waals surface area (Å²) in [6.07, 6.45) is -4.76. The molecule has 0 bridgehead atoms. The first-order valence-corrected chi connectivity index (χ1v) is 5.30. The normalized spacial score (nSPS) is 12.6. The van der Waals surface area contributed by atoms with Crippen molar-refractivity contribution in [2.75, 3.05) is 6.54 Å². The fraction of sp³-hybridized carbons (Fsp3) is 0.364. The molecule has 0 saturated heterocycles. The van der Waals surface area contributed by atoms with Gasteiger partial charge in [0.1, 0.15) is 6.10 Å². The van der Waals surface area contributed by atoms with Gasteiger partial charge in [0.05, 0.1) is 10.6 Å².